The van der Waals surface area contributed by atoms with Crippen LogP contribution >= 0.6 is 11.8 Å². The van der Waals surface area contributed by atoms with Crippen molar-refractivity contribution < 1.29 is 28.6 Å². The summed E-state index contributed by atoms with van der Waals surface area (Å²) in [5, 5.41) is 22.1. The summed E-state index contributed by atoms with van der Waals surface area (Å²) in [6.07, 6.45) is 1.35. The van der Waals surface area contributed by atoms with Crippen LogP contribution in [-0.4, -0.2) is 33.0 Å². The fourth-order valence-electron chi connectivity index (χ4n) is 3.33. The van der Waals surface area contributed by atoms with Gasteiger partial charge in [-0.15, -0.1) is 0 Å². The zero-order valence-corrected chi connectivity index (χ0v) is 18.3. The molecule has 2 heterocycles. The van der Waals surface area contributed by atoms with Crippen LogP contribution in [-0.2, 0) is 11.3 Å². The number of carbonyl (C=O) groups excluding carboxylic acids is 2. The van der Waals surface area contributed by atoms with Gasteiger partial charge in [0.1, 0.15) is 17.3 Å². The van der Waals surface area contributed by atoms with Gasteiger partial charge in [-0.05, 0) is 36.0 Å². The third kappa shape index (κ3) is 4.38. The number of hydrogen-bond donors (Lipinski definition) is 0. The molecule has 0 spiro atoms. The van der Waals surface area contributed by atoms with Crippen LogP contribution in [0.2, 0.25) is 0 Å². The molecule has 34 heavy (non-hydrogen) atoms. The second-order valence-electron chi connectivity index (χ2n) is 7.00. The minimum absolute atomic E-state index is 0.0636. The summed E-state index contributed by atoms with van der Waals surface area (Å²) in [4.78, 5) is 47.7. The Bertz CT molecular complexity index is 1360. The largest absolute Gasteiger partial charge is 0.497 e. The van der Waals surface area contributed by atoms with E-state index in [4.69, 9.17) is 9.15 Å². The number of furan rings is 1. The number of nitro groups is 2. The van der Waals surface area contributed by atoms with Crippen LogP contribution in [0, 0.1) is 20.2 Å². The van der Waals surface area contributed by atoms with E-state index in [1.54, 1.807) is 12.1 Å². The number of carbonyl (C=O) groups is 2. The summed E-state index contributed by atoms with van der Waals surface area (Å²) < 4.78 is 10.7. The fraction of sp³-hybridized carbons (Fsp3) is 0.0909. The molecule has 172 valence electrons. The Morgan fingerprint density at radius 2 is 1.76 bits per heavy atom. The maximum absolute atomic E-state index is 12.8. The van der Waals surface area contributed by atoms with Crippen molar-refractivity contribution in [1.82, 2.24) is 4.90 Å². The first-order valence-electron chi connectivity index (χ1n) is 9.69. The number of para-hydroxylation sites is 1. The molecule has 2 aromatic carbocycles. The van der Waals surface area contributed by atoms with Crippen LogP contribution < -0.4 is 4.74 Å². The lowest BCUT2D eigenvalue weighted by molar-refractivity contribution is -0.385. The lowest BCUT2D eigenvalue weighted by Crippen LogP contribution is -2.27. The number of ether oxygens (including phenoxy) is 1. The van der Waals surface area contributed by atoms with Crippen LogP contribution in [0.5, 0.6) is 5.75 Å². The van der Waals surface area contributed by atoms with E-state index in [2.05, 4.69) is 0 Å². The van der Waals surface area contributed by atoms with Crippen LogP contribution in [0.3, 0.4) is 0 Å². The van der Waals surface area contributed by atoms with E-state index < -0.39 is 21.0 Å². The second-order valence-corrected chi connectivity index (χ2v) is 7.99. The summed E-state index contributed by atoms with van der Waals surface area (Å²) in [7, 11) is 1.40. The standard InChI is InChI=1S/C22H15N3O8S/c1-32-14-6-8-16(18(10-14)25(30)31)19-9-7-15(33-19)11-20-21(26)23(22(27)34-20)12-13-4-2-3-5-17(13)24(28)29/h2-11H,12H2,1H3/b20-11-. The Morgan fingerprint density at radius 3 is 2.47 bits per heavy atom. The Morgan fingerprint density at radius 1 is 1.03 bits per heavy atom. The summed E-state index contributed by atoms with van der Waals surface area (Å²) in [5.74, 6) is 0.0899. The highest BCUT2D eigenvalue weighted by molar-refractivity contribution is 8.18. The van der Waals surface area contributed by atoms with E-state index >= 15 is 0 Å². The average molecular weight is 481 g/mol. The zero-order valence-electron chi connectivity index (χ0n) is 17.5. The number of imide groups is 1. The van der Waals surface area contributed by atoms with Gasteiger partial charge in [-0.3, -0.25) is 34.7 Å². The number of methoxy groups -OCH3 is 1. The highest BCUT2D eigenvalue weighted by Crippen LogP contribution is 2.37. The average Bonchev–Trinajstić information content (AvgIpc) is 3.39. The zero-order chi connectivity index (χ0) is 24.4. The molecule has 2 amide bonds. The summed E-state index contributed by atoms with van der Waals surface area (Å²) >= 11 is 0.672. The highest BCUT2D eigenvalue weighted by Gasteiger charge is 2.36. The Kier molecular flexibility index (Phi) is 6.15. The predicted molar refractivity (Wildman–Crippen MR) is 122 cm³/mol. The molecule has 0 saturated carbocycles. The maximum Gasteiger partial charge on any atom is 0.293 e. The number of nitro benzene ring substituents is 2. The molecule has 1 aliphatic rings. The van der Waals surface area contributed by atoms with Crippen molar-refractivity contribution >= 4 is 40.4 Å². The maximum atomic E-state index is 12.8. The molecule has 1 aliphatic heterocycles. The Labute approximate surface area is 195 Å². The molecular weight excluding hydrogens is 466 g/mol. The molecule has 1 saturated heterocycles. The van der Waals surface area contributed by atoms with E-state index in [1.165, 1.54) is 55.7 Å². The van der Waals surface area contributed by atoms with Gasteiger partial charge in [0.05, 0.1) is 40.0 Å². The van der Waals surface area contributed by atoms with Crippen molar-refractivity contribution in [2.45, 2.75) is 6.54 Å². The Hall–Kier alpha value is -4.45. The normalized spacial score (nSPS) is 14.6. The van der Waals surface area contributed by atoms with Gasteiger partial charge < -0.3 is 9.15 Å². The molecular formula is C22H15N3O8S. The lowest BCUT2D eigenvalue weighted by Gasteiger charge is -2.12. The van der Waals surface area contributed by atoms with Crippen LogP contribution in [0.25, 0.3) is 17.4 Å². The van der Waals surface area contributed by atoms with Gasteiger partial charge in [0, 0.05) is 17.7 Å². The molecule has 0 unspecified atom stereocenters. The molecule has 0 radical (unpaired) electrons. The number of rotatable bonds is 7. The van der Waals surface area contributed by atoms with Crippen molar-refractivity contribution in [2.24, 2.45) is 0 Å². The quantitative estimate of drug-likeness (QED) is 0.258. The molecule has 11 nitrogen and oxygen atoms in total. The molecule has 0 aliphatic carbocycles. The Balaban J connectivity index is 1.59. The van der Waals surface area contributed by atoms with Crippen LogP contribution in [0.1, 0.15) is 11.3 Å². The van der Waals surface area contributed by atoms with Gasteiger partial charge in [0.2, 0.25) is 0 Å². The topological polar surface area (TPSA) is 146 Å². The van der Waals surface area contributed by atoms with Gasteiger partial charge >= 0.3 is 0 Å². The van der Waals surface area contributed by atoms with Crippen molar-refractivity contribution in [3.8, 4) is 17.1 Å². The van der Waals surface area contributed by atoms with Gasteiger partial charge in [-0.2, -0.15) is 0 Å². The number of nitrogens with zero attached hydrogens (tertiary/aromatic N) is 3. The summed E-state index contributed by atoms with van der Waals surface area (Å²) in [5.41, 5.74) is 0.0328. The first kappa shape index (κ1) is 22.7. The van der Waals surface area contributed by atoms with E-state index in [0.29, 0.717) is 17.5 Å². The fourth-order valence-corrected chi connectivity index (χ4v) is 4.15. The van der Waals surface area contributed by atoms with Crippen molar-refractivity contribution in [3.05, 3.63) is 91.1 Å². The molecule has 1 fully saturated rings. The SMILES string of the molecule is COc1ccc(-c2ccc(/C=C3\SC(=O)N(Cc4ccccc4[N+](=O)[O-])C3=O)o2)c([N+](=O)[O-])c1. The first-order valence-corrected chi connectivity index (χ1v) is 10.5. The molecule has 0 atom stereocenters. The van der Waals surface area contributed by atoms with Crippen LogP contribution in [0.15, 0.2) is 63.9 Å². The van der Waals surface area contributed by atoms with Crippen molar-refractivity contribution in [2.75, 3.05) is 7.11 Å². The van der Waals surface area contributed by atoms with Crippen molar-refractivity contribution in [1.29, 1.82) is 0 Å². The predicted octanol–water partition coefficient (Wildman–Crippen LogP) is 5.01. The molecule has 1 aromatic heterocycles. The van der Waals surface area contributed by atoms with E-state index in [9.17, 15) is 29.8 Å². The summed E-state index contributed by atoms with van der Waals surface area (Å²) in [6, 6.07) is 13.2. The molecule has 0 N–H and O–H groups in total. The molecule has 3 aromatic rings. The molecule has 4 rings (SSSR count). The smallest absolute Gasteiger partial charge is 0.293 e. The van der Waals surface area contributed by atoms with E-state index in [-0.39, 0.29) is 45.5 Å². The van der Waals surface area contributed by atoms with E-state index in [0.717, 1.165) is 4.90 Å². The van der Waals surface area contributed by atoms with E-state index in [1.807, 2.05) is 0 Å². The second kappa shape index (κ2) is 9.19. The third-order valence-electron chi connectivity index (χ3n) is 4.96. The lowest BCUT2D eigenvalue weighted by atomic mass is 10.1. The van der Waals surface area contributed by atoms with Gasteiger partial charge in [0.25, 0.3) is 22.5 Å². The minimum Gasteiger partial charge on any atom is -0.497 e. The number of hydrogen-bond acceptors (Lipinski definition) is 9. The molecule has 12 heteroatoms. The minimum atomic E-state index is -0.624. The molecule has 0 bridgehead atoms. The van der Waals surface area contributed by atoms with Crippen LogP contribution in [0.4, 0.5) is 16.2 Å². The third-order valence-corrected chi connectivity index (χ3v) is 5.86. The van der Waals surface area contributed by atoms with Gasteiger partial charge in [-0.25, -0.2) is 0 Å². The number of amides is 2. The number of thioether (sulfide) groups is 1. The summed E-state index contributed by atoms with van der Waals surface area (Å²) in [6.45, 7) is -0.249. The number of benzene rings is 2. The van der Waals surface area contributed by atoms with Gasteiger partial charge in [0.15, 0.2) is 0 Å². The van der Waals surface area contributed by atoms with Gasteiger partial charge in [-0.1, -0.05) is 18.2 Å². The highest BCUT2D eigenvalue weighted by atomic mass is 32.2. The monoisotopic (exact) mass is 481 g/mol. The van der Waals surface area contributed by atoms with Crippen molar-refractivity contribution in [3.63, 3.8) is 0 Å². The first-order chi connectivity index (χ1) is 16.3.